The van der Waals surface area contributed by atoms with Crippen molar-refractivity contribution in [2.45, 2.75) is 30.2 Å². The van der Waals surface area contributed by atoms with Crippen LogP contribution in [0, 0.1) is 5.82 Å². The van der Waals surface area contributed by atoms with Crippen LogP contribution < -0.4 is 15.8 Å². The van der Waals surface area contributed by atoms with Gasteiger partial charge in [0.2, 0.25) is 5.13 Å². The second-order valence-corrected chi connectivity index (χ2v) is 9.30. The van der Waals surface area contributed by atoms with Crippen molar-refractivity contribution in [2.75, 3.05) is 36.2 Å². The van der Waals surface area contributed by atoms with Gasteiger partial charge in [0.15, 0.2) is 0 Å². The molecule has 4 N–H and O–H groups in total. The van der Waals surface area contributed by atoms with Crippen molar-refractivity contribution in [1.82, 2.24) is 14.3 Å². The van der Waals surface area contributed by atoms with Crippen LogP contribution in [-0.4, -0.2) is 54.9 Å². The highest BCUT2D eigenvalue weighted by molar-refractivity contribution is 7.93. The van der Waals surface area contributed by atoms with Crippen molar-refractivity contribution in [1.29, 1.82) is 0 Å². The van der Waals surface area contributed by atoms with Gasteiger partial charge in [0.25, 0.3) is 10.0 Å². The summed E-state index contributed by atoms with van der Waals surface area (Å²) in [5, 5.41) is 3.24. The molecule has 0 unspecified atom stereocenters. The van der Waals surface area contributed by atoms with Crippen molar-refractivity contribution < 1.29 is 12.8 Å². The highest BCUT2D eigenvalue weighted by atomic mass is 35.5. The number of anilines is 2. The van der Waals surface area contributed by atoms with E-state index in [1.165, 1.54) is 6.33 Å². The van der Waals surface area contributed by atoms with Gasteiger partial charge >= 0.3 is 0 Å². The third kappa shape index (κ3) is 5.09. The number of unbranched alkanes of at least 4 members (excludes halogenated alkanes) is 1. The first-order valence-corrected chi connectivity index (χ1v) is 11.5. The Bertz CT molecular complexity index is 895. The van der Waals surface area contributed by atoms with Gasteiger partial charge in [-0.05, 0) is 37.9 Å². The molecule has 0 bridgehead atoms. The number of sulfonamides is 1. The molecular weight excluding hydrogens is 427 g/mol. The fourth-order valence-electron chi connectivity index (χ4n) is 2.98. The topological polar surface area (TPSA) is 113 Å². The standard InChI is InChI=1S/C16H22ClFN6O2S2/c17-12-7-15(28(25,26)23-16-21-10-22-27-16)13(18)8-14(12)20-4-1-2-5-24-6-3-11(24)9-19/h7-8,10-11,20H,1-6,9,19H2,(H,21,22,23)/t11-/m1/s1. The molecule has 0 saturated carbocycles. The molecular formula is C16H22ClFN6O2S2. The molecule has 1 atom stereocenters. The largest absolute Gasteiger partial charge is 0.384 e. The minimum Gasteiger partial charge on any atom is -0.384 e. The zero-order valence-electron chi connectivity index (χ0n) is 15.1. The van der Waals surface area contributed by atoms with E-state index in [4.69, 9.17) is 17.3 Å². The fraction of sp³-hybridized carbons (Fsp3) is 0.500. The second-order valence-electron chi connectivity index (χ2n) is 6.46. The van der Waals surface area contributed by atoms with E-state index in [2.05, 4.69) is 24.3 Å². The molecule has 28 heavy (non-hydrogen) atoms. The molecule has 1 aromatic heterocycles. The number of halogens is 2. The monoisotopic (exact) mass is 448 g/mol. The summed E-state index contributed by atoms with van der Waals surface area (Å²) in [5.41, 5.74) is 6.04. The predicted octanol–water partition coefficient (Wildman–Crippen LogP) is 2.36. The molecule has 12 heteroatoms. The number of benzene rings is 1. The number of aromatic nitrogens is 2. The molecule has 1 fully saturated rings. The lowest BCUT2D eigenvalue weighted by Crippen LogP contribution is -2.51. The normalized spacial score (nSPS) is 17.3. The molecule has 2 aromatic rings. The molecule has 0 radical (unpaired) electrons. The van der Waals surface area contributed by atoms with Crippen molar-refractivity contribution in [2.24, 2.45) is 5.73 Å². The maximum Gasteiger partial charge on any atom is 0.266 e. The van der Waals surface area contributed by atoms with Crippen molar-refractivity contribution in [3.8, 4) is 0 Å². The minimum atomic E-state index is -4.14. The molecule has 0 amide bonds. The number of hydrogen-bond donors (Lipinski definition) is 3. The highest BCUT2D eigenvalue weighted by Gasteiger charge is 2.25. The zero-order chi connectivity index (χ0) is 20.1. The molecule has 8 nitrogen and oxygen atoms in total. The van der Waals surface area contributed by atoms with Crippen LogP contribution in [0.2, 0.25) is 5.02 Å². The van der Waals surface area contributed by atoms with Gasteiger partial charge in [-0.3, -0.25) is 9.62 Å². The summed E-state index contributed by atoms with van der Waals surface area (Å²) < 4.78 is 44.9. The molecule has 0 aliphatic carbocycles. The van der Waals surface area contributed by atoms with Crippen molar-refractivity contribution in [3.05, 3.63) is 29.3 Å². The first-order chi connectivity index (χ1) is 13.4. The summed E-state index contributed by atoms with van der Waals surface area (Å²) in [6.45, 7) is 3.37. The average Bonchev–Trinajstić information content (AvgIpc) is 3.12. The first kappa shape index (κ1) is 21.2. The van der Waals surface area contributed by atoms with Gasteiger partial charge in [-0.1, -0.05) is 11.6 Å². The summed E-state index contributed by atoms with van der Waals surface area (Å²) in [6.07, 6.45) is 4.23. The Balaban J connectivity index is 1.54. The predicted molar refractivity (Wildman–Crippen MR) is 109 cm³/mol. The molecule has 154 valence electrons. The Morgan fingerprint density at radius 3 is 2.86 bits per heavy atom. The van der Waals surface area contributed by atoms with E-state index >= 15 is 0 Å². The summed E-state index contributed by atoms with van der Waals surface area (Å²) >= 11 is 7.01. The van der Waals surface area contributed by atoms with Crippen LogP contribution in [-0.2, 0) is 10.0 Å². The number of rotatable bonds is 10. The fourth-order valence-corrected chi connectivity index (χ4v) is 5.02. The second kappa shape index (κ2) is 9.31. The Kier molecular flexibility index (Phi) is 7.05. The Morgan fingerprint density at radius 2 is 2.21 bits per heavy atom. The van der Waals surface area contributed by atoms with Crippen LogP contribution in [0.4, 0.5) is 15.2 Å². The lowest BCUT2D eigenvalue weighted by atomic mass is 10.0. The van der Waals surface area contributed by atoms with Crippen LogP contribution in [0.25, 0.3) is 0 Å². The summed E-state index contributed by atoms with van der Waals surface area (Å²) in [4.78, 5) is 5.55. The van der Waals surface area contributed by atoms with Crippen LogP contribution in [0.5, 0.6) is 0 Å². The lowest BCUT2D eigenvalue weighted by Gasteiger charge is -2.40. The van der Waals surface area contributed by atoms with Gasteiger partial charge in [-0.25, -0.2) is 17.8 Å². The number of hydrogen-bond acceptors (Lipinski definition) is 8. The lowest BCUT2D eigenvalue weighted by molar-refractivity contribution is 0.0951. The summed E-state index contributed by atoms with van der Waals surface area (Å²) in [6, 6.07) is 2.69. The molecule has 1 saturated heterocycles. The molecule has 1 aliphatic rings. The van der Waals surface area contributed by atoms with Crippen molar-refractivity contribution in [3.63, 3.8) is 0 Å². The van der Waals surface area contributed by atoms with E-state index in [9.17, 15) is 12.8 Å². The molecule has 2 heterocycles. The van der Waals surface area contributed by atoms with Crippen LogP contribution in [0.3, 0.4) is 0 Å². The van der Waals surface area contributed by atoms with Crippen molar-refractivity contribution >= 4 is 44.0 Å². The van der Waals surface area contributed by atoms with E-state index < -0.39 is 20.7 Å². The van der Waals surface area contributed by atoms with E-state index in [1.54, 1.807) is 0 Å². The quantitative estimate of drug-likeness (QED) is 0.478. The molecule has 0 spiro atoms. The van der Waals surface area contributed by atoms with Gasteiger partial charge in [0.1, 0.15) is 17.0 Å². The number of nitrogens with zero attached hydrogens (tertiary/aromatic N) is 3. The Labute approximate surface area is 172 Å². The third-order valence-corrected chi connectivity index (χ3v) is 7.00. The van der Waals surface area contributed by atoms with E-state index in [0.29, 0.717) is 24.8 Å². The zero-order valence-corrected chi connectivity index (χ0v) is 17.5. The van der Waals surface area contributed by atoms with E-state index in [0.717, 1.165) is 56.0 Å². The SMILES string of the molecule is NC[C@H]1CCN1CCCCNc1cc(F)c(S(=O)(=O)Nc2ncns2)cc1Cl. The molecule has 1 aromatic carbocycles. The van der Waals surface area contributed by atoms with Crippen LogP contribution in [0.15, 0.2) is 23.4 Å². The average molecular weight is 449 g/mol. The summed E-state index contributed by atoms with van der Waals surface area (Å²) in [7, 11) is -4.14. The summed E-state index contributed by atoms with van der Waals surface area (Å²) in [5.74, 6) is -0.893. The Morgan fingerprint density at radius 1 is 1.39 bits per heavy atom. The highest BCUT2D eigenvalue weighted by Crippen LogP contribution is 2.29. The van der Waals surface area contributed by atoms with Gasteiger partial charge in [-0.15, -0.1) is 0 Å². The molecule has 1 aliphatic heterocycles. The van der Waals surface area contributed by atoms with E-state index in [-0.39, 0.29) is 10.2 Å². The van der Waals surface area contributed by atoms with Gasteiger partial charge in [0.05, 0.1) is 10.7 Å². The van der Waals surface area contributed by atoms with Gasteiger partial charge < -0.3 is 11.1 Å². The maximum absolute atomic E-state index is 14.4. The smallest absolute Gasteiger partial charge is 0.266 e. The van der Waals surface area contributed by atoms with Gasteiger partial charge in [-0.2, -0.15) is 4.37 Å². The number of nitrogens with one attached hydrogen (secondary N) is 2. The first-order valence-electron chi connectivity index (χ1n) is 8.87. The number of likely N-dealkylation sites (tertiary alicyclic amines) is 1. The van der Waals surface area contributed by atoms with E-state index in [1.807, 2.05) is 0 Å². The minimum absolute atomic E-state index is 0.0526. The third-order valence-electron chi connectivity index (χ3n) is 4.62. The van der Waals surface area contributed by atoms with Crippen LogP contribution >= 0.6 is 23.1 Å². The number of nitrogens with two attached hydrogens (primary N) is 1. The Hall–Kier alpha value is -1.53. The molecule has 3 rings (SSSR count). The van der Waals surface area contributed by atoms with Gasteiger partial charge in [0, 0.05) is 37.2 Å². The van der Waals surface area contributed by atoms with Crippen LogP contribution in [0.1, 0.15) is 19.3 Å². The maximum atomic E-state index is 14.4.